The number of benzene rings is 2. The van der Waals surface area contributed by atoms with Gasteiger partial charge in [0.15, 0.2) is 11.6 Å². The highest BCUT2D eigenvalue weighted by Crippen LogP contribution is 2.28. The van der Waals surface area contributed by atoms with Crippen LogP contribution in [0.1, 0.15) is 11.1 Å². The topological polar surface area (TPSA) is 38.7 Å². The summed E-state index contributed by atoms with van der Waals surface area (Å²) < 4.78 is 25.2. The lowest BCUT2D eigenvalue weighted by Gasteiger charge is -2.11. The molecule has 0 spiro atoms. The molecule has 2 aromatic carbocycles. The minimum Gasteiger partial charge on any atom is -0.494 e. The molecule has 0 saturated heterocycles. The van der Waals surface area contributed by atoms with E-state index in [-0.39, 0.29) is 19.0 Å². The van der Waals surface area contributed by atoms with Gasteiger partial charge in [-0.3, -0.25) is 0 Å². The van der Waals surface area contributed by atoms with Crippen LogP contribution in [0.4, 0.5) is 4.39 Å². The average Bonchev–Trinajstić information content (AvgIpc) is 2.47. The summed E-state index contributed by atoms with van der Waals surface area (Å²) >= 11 is 3.35. The highest BCUT2D eigenvalue weighted by molar-refractivity contribution is 9.10. The van der Waals surface area contributed by atoms with Crippen LogP contribution in [0.25, 0.3) is 0 Å². The molecular weight excluding hydrogens is 327 g/mol. The fourth-order valence-corrected chi connectivity index (χ4v) is 2.28. The zero-order valence-corrected chi connectivity index (χ0v) is 12.5. The van der Waals surface area contributed by atoms with Gasteiger partial charge in [-0.25, -0.2) is 4.39 Å². The van der Waals surface area contributed by atoms with Crippen molar-refractivity contribution in [1.82, 2.24) is 0 Å². The molecule has 0 fully saturated rings. The molecule has 0 bridgehead atoms. The molecule has 0 heterocycles. The number of hydrogen-bond donors (Lipinski definition) is 1. The van der Waals surface area contributed by atoms with Crippen molar-refractivity contribution >= 4 is 15.9 Å². The second kappa shape index (κ2) is 6.72. The van der Waals surface area contributed by atoms with Crippen LogP contribution in [0, 0.1) is 5.82 Å². The van der Waals surface area contributed by atoms with Crippen molar-refractivity contribution in [3.63, 3.8) is 0 Å². The molecule has 0 radical (unpaired) electrons. The van der Waals surface area contributed by atoms with Gasteiger partial charge in [0.25, 0.3) is 0 Å². The molecule has 106 valence electrons. The third-order valence-electron chi connectivity index (χ3n) is 2.83. The lowest BCUT2D eigenvalue weighted by molar-refractivity contribution is 0.279. The maximum Gasteiger partial charge on any atom is 0.171 e. The molecule has 0 aromatic heterocycles. The number of hydrogen-bond acceptors (Lipinski definition) is 3. The number of methoxy groups -OCH3 is 1. The van der Waals surface area contributed by atoms with E-state index in [0.717, 1.165) is 5.56 Å². The van der Waals surface area contributed by atoms with Crippen molar-refractivity contribution in [2.24, 2.45) is 0 Å². The van der Waals surface area contributed by atoms with Gasteiger partial charge >= 0.3 is 0 Å². The molecule has 0 aliphatic carbocycles. The first kappa shape index (κ1) is 14.8. The third-order valence-corrected chi connectivity index (χ3v) is 3.44. The Bertz CT molecular complexity index is 602. The summed E-state index contributed by atoms with van der Waals surface area (Å²) in [5.74, 6) is 0.364. The summed E-state index contributed by atoms with van der Waals surface area (Å²) in [6.45, 7) is 0.0590. The summed E-state index contributed by atoms with van der Waals surface area (Å²) in [7, 11) is 1.42. The first-order valence-electron chi connectivity index (χ1n) is 5.99. The lowest BCUT2D eigenvalue weighted by Crippen LogP contribution is -2.01. The van der Waals surface area contributed by atoms with E-state index in [1.807, 2.05) is 0 Å². The Morgan fingerprint density at radius 1 is 1.20 bits per heavy atom. The van der Waals surface area contributed by atoms with E-state index in [4.69, 9.17) is 14.6 Å². The minimum atomic E-state index is -0.418. The number of aliphatic hydroxyl groups is 1. The van der Waals surface area contributed by atoms with Gasteiger partial charge in [-0.05, 0) is 39.7 Å². The highest BCUT2D eigenvalue weighted by atomic mass is 79.9. The van der Waals surface area contributed by atoms with Gasteiger partial charge in [-0.15, -0.1) is 0 Å². The van der Waals surface area contributed by atoms with Gasteiger partial charge in [-0.2, -0.15) is 0 Å². The SMILES string of the molecule is COc1cccc(COc2ccc(CO)cc2Br)c1F. The first-order valence-corrected chi connectivity index (χ1v) is 6.78. The molecule has 2 aromatic rings. The molecule has 0 aliphatic rings. The van der Waals surface area contributed by atoms with Crippen molar-refractivity contribution in [3.8, 4) is 11.5 Å². The van der Waals surface area contributed by atoms with Crippen LogP contribution < -0.4 is 9.47 Å². The molecule has 0 unspecified atom stereocenters. The average molecular weight is 341 g/mol. The Kier molecular flexibility index (Phi) is 4.98. The van der Waals surface area contributed by atoms with E-state index in [9.17, 15) is 4.39 Å². The van der Waals surface area contributed by atoms with Gasteiger partial charge in [0.05, 0.1) is 18.2 Å². The minimum absolute atomic E-state index is 0.0383. The van der Waals surface area contributed by atoms with Crippen molar-refractivity contribution in [2.75, 3.05) is 7.11 Å². The van der Waals surface area contributed by atoms with Crippen molar-refractivity contribution < 1.29 is 19.0 Å². The summed E-state index contributed by atoms with van der Waals surface area (Å²) in [5.41, 5.74) is 1.19. The van der Waals surface area contributed by atoms with E-state index in [1.165, 1.54) is 7.11 Å². The molecule has 0 amide bonds. The maximum absolute atomic E-state index is 13.9. The quantitative estimate of drug-likeness (QED) is 0.902. The summed E-state index contributed by atoms with van der Waals surface area (Å²) in [6.07, 6.45) is 0. The lowest BCUT2D eigenvalue weighted by atomic mass is 10.2. The Hall–Kier alpha value is -1.59. The Balaban J connectivity index is 2.13. The van der Waals surface area contributed by atoms with E-state index < -0.39 is 5.82 Å². The fourth-order valence-electron chi connectivity index (χ4n) is 1.74. The summed E-state index contributed by atoms with van der Waals surface area (Å²) in [4.78, 5) is 0. The van der Waals surface area contributed by atoms with E-state index in [0.29, 0.717) is 15.8 Å². The Morgan fingerprint density at radius 2 is 2.00 bits per heavy atom. The summed E-state index contributed by atoms with van der Waals surface area (Å²) in [5, 5.41) is 9.03. The van der Waals surface area contributed by atoms with Crippen molar-refractivity contribution in [3.05, 3.63) is 57.8 Å². The predicted octanol–water partition coefficient (Wildman–Crippen LogP) is 3.67. The zero-order chi connectivity index (χ0) is 14.5. The maximum atomic E-state index is 13.9. The van der Waals surface area contributed by atoms with E-state index >= 15 is 0 Å². The van der Waals surface area contributed by atoms with E-state index in [2.05, 4.69) is 15.9 Å². The van der Waals surface area contributed by atoms with Crippen LogP contribution >= 0.6 is 15.9 Å². The Morgan fingerprint density at radius 3 is 2.65 bits per heavy atom. The first-order chi connectivity index (χ1) is 9.65. The molecule has 3 nitrogen and oxygen atoms in total. The number of aliphatic hydroxyl groups excluding tert-OH is 1. The van der Waals surface area contributed by atoms with Gasteiger partial charge in [-0.1, -0.05) is 18.2 Å². The Labute approximate surface area is 125 Å². The number of halogens is 2. The fraction of sp³-hybridized carbons (Fsp3) is 0.200. The second-order valence-corrected chi connectivity index (χ2v) is 5.00. The molecule has 5 heteroatoms. The zero-order valence-electron chi connectivity index (χ0n) is 10.9. The monoisotopic (exact) mass is 340 g/mol. The highest BCUT2D eigenvalue weighted by Gasteiger charge is 2.10. The van der Waals surface area contributed by atoms with Gasteiger partial charge in [0.1, 0.15) is 12.4 Å². The molecule has 2 rings (SSSR count). The normalized spacial score (nSPS) is 10.4. The van der Waals surface area contributed by atoms with Gasteiger partial charge < -0.3 is 14.6 Å². The summed E-state index contributed by atoms with van der Waals surface area (Å²) in [6, 6.07) is 10.2. The van der Waals surface area contributed by atoms with Crippen LogP contribution in [-0.2, 0) is 13.2 Å². The van der Waals surface area contributed by atoms with Gasteiger partial charge in [0, 0.05) is 5.56 Å². The van der Waals surface area contributed by atoms with Crippen LogP contribution in [0.3, 0.4) is 0 Å². The van der Waals surface area contributed by atoms with Crippen LogP contribution in [0.5, 0.6) is 11.5 Å². The second-order valence-electron chi connectivity index (χ2n) is 4.14. The molecule has 1 N–H and O–H groups in total. The molecule has 0 atom stereocenters. The predicted molar refractivity (Wildman–Crippen MR) is 77.3 cm³/mol. The standard InChI is InChI=1S/C15H14BrFO3/c1-19-14-4-2-3-11(15(14)17)9-20-13-6-5-10(8-18)7-12(13)16/h2-7,18H,8-9H2,1H3. The number of rotatable bonds is 5. The molecule has 20 heavy (non-hydrogen) atoms. The smallest absolute Gasteiger partial charge is 0.171 e. The van der Waals surface area contributed by atoms with Crippen molar-refractivity contribution in [2.45, 2.75) is 13.2 Å². The largest absolute Gasteiger partial charge is 0.494 e. The van der Waals surface area contributed by atoms with Crippen LogP contribution in [0.15, 0.2) is 40.9 Å². The van der Waals surface area contributed by atoms with Crippen molar-refractivity contribution in [1.29, 1.82) is 0 Å². The van der Waals surface area contributed by atoms with Crippen LogP contribution in [0.2, 0.25) is 0 Å². The number of ether oxygens (including phenoxy) is 2. The molecule has 0 aliphatic heterocycles. The van der Waals surface area contributed by atoms with Crippen LogP contribution in [-0.4, -0.2) is 12.2 Å². The van der Waals surface area contributed by atoms with Gasteiger partial charge in [0.2, 0.25) is 0 Å². The third kappa shape index (κ3) is 3.29. The van der Waals surface area contributed by atoms with E-state index in [1.54, 1.807) is 36.4 Å². The molecule has 0 saturated carbocycles. The molecular formula is C15H14BrFO3.